The molecule has 3 aromatic rings. The van der Waals surface area contributed by atoms with Gasteiger partial charge in [-0.25, -0.2) is 4.79 Å². The highest BCUT2D eigenvalue weighted by Crippen LogP contribution is 2.29. The van der Waals surface area contributed by atoms with E-state index < -0.39 is 11.0 Å². The molecule has 0 spiro atoms. The summed E-state index contributed by atoms with van der Waals surface area (Å²) in [6.07, 6.45) is 0. The van der Waals surface area contributed by atoms with Crippen molar-refractivity contribution in [2.24, 2.45) is 0 Å². The van der Waals surface area contributed by atoms with Crippen LogP contribution in [0.5, 0.6) is 5.75 Å². The third-order valence-corrected chi connectivity index (χ3v) is 3.44. The van der Waals surface area contributed by atoms with Gasteiger partial charge in [-0.05, 0) is 18.2 Å². The summed E-state index contributed by atoms with van der Waals surface area (Å²) in [5.41, 5.74) is 6.32. The molecule has 0 radical (unpaired) electrons. The predicted molar refractivity (Wildman–Crippen MR) is 88.2 cm³/mol. The Balaban J connectivity index is 2.00. The van der Waals surface area contributed by atoms with Gasteiger partial charge < -0.3 is 15.8 Å². The van der Waals surface area contributed by atoms with Crippen molar-refractivity contribution in [1.29, 1.82) is 0 Å². The van der Waals surface area contributed by atoms with E-state index in [1.54, 1.807) is 24.3 Å². The molecule has 0 saturated heterocycles. The number of rotatable bonds is 3. The molecular weight excluding hydrogens is 314 g/mol. The fourth-order valence-electron chi connectivity index (χ4n) is 2.32. The zero-order chi connectivity index (χ0) is 17.3. The number of amides is 1. The van der Waals surface area contributed by atoms with Crippen LogP contribution in [0.2, 0.25) is 0 Å². The van der Waals surface area contributed by atoms with Gasteiger partial charge in [0, 0.05) is 17.5 Å². The molecule has 3 rings (SSSR count). The minimum atomic E-state index is -0.610. The first-order chi connectivity index (χ1) is 11.5. The van der Waals surface area contributed by atoms with Gasteiger partial charge in [-0.2, -0.15) is 4.68 Å². The van der Waals surface area contributed by atoms with Gasteiger partial charge in [-0.3, -0.25) is 10.1 Å². The minimum absolute atomic E-state index is 0.162. The minimum Gasteiger partial charge on any atom is -0.495 e. The van der Waals surface area contributed by atoms with Crippen LogP contribution < -0.4 is 15.8 Å². The van der Waals surface area contributed by atoms with Crippen molar-refractivity contribution < 1.29 is 14.5 Å². The third kappa shape index (κ3) is 2.58. The van der Waals surface area contributed by atoms with Crippen molar-refractivity contribution in [3.05, 3.63) is 52.6 Å². The third-order valence-electron chi connectivity index (χ3n) is 3.44. The number of hydrogen-bond donors (Lipinski definition) is 2. The molecule has 2 aromatic carbocycles. The summed E-state index contributed by atoms with van der Waals surface area (Å²) >= 11 is 0. The Kier molecular flexibility index (Phi) is 3.74. The van der Waals surface area contributed by atoms with Crippen molar-refractivity contribution in [2.45, 2.75) is 0 Å². The first-order valence-electron chi connectivity index (χ1n) is 6.88. The number of hydrogen-bond acceptors (Lipinski definition) is 6. The van der Waals surface area contributed by atoms with E-state index in [9.17, 15) is 14.9 Å². The van der Waals surface area contributed by atoms with Crippen LogP contribution in [0.3, 0.4) is 0 Å². The second-order valence-corrected chi connectivity index (χ2v) is 4.89. The van der Waals surface area contributed by atoms with E-state index in [-0.39, 0.29) is 17.2 Å². The number of carbonyl (C=O) groups excluding carboxylic acids is 1. The van der Waals surface area contributed by atoms with E-state index in [2.05, 4.69) is 10.4 Å². The fourth-order valence-corrected chi connectivity index (χ4v) is 2.32. The molecule has 0 fully saturated rings. The van der Waals surface area contributed by atoms with Crippen molar-refractivity contribution in [3.8, 4) is 5.75 Å². The van der Waals surface area contributed by atoms with Crippen LogP contribution >= 0.6 is 0 Å². The molecule has 0 bridgehead atoms. The standard InChI is InChI=1S/C15H13N5O4/c1-24-13-7-6-9(20(22)23)8-11(13)17-15(21)19-12-5-3-2-4-10(12)14(16)18-19/h2-8H,1H3,(H2,16,18)(H,17,21). The molecule has 9 nitrogen and oxygen atoms in total. The summed E-state index contributed by atoms with van der Waals surface area (Å²) in [5, 5.41) is 18.1. The Hall–Kier alpha value is -3.62. The van der Waals surface area contributed by atoms with Crippen molar-refractivity contribution >= 4 is 34.1 Å². The van der Waals surface area contributed by atoms with Gasteiger partial charge in [-0.1, -0.05) is 12.1 Å². The van der Waals surface area contributed by atoms with Gasteiger partial charge in [0.05, 0.1) is 23.2 Å². The van der Waals surface area contributed by atoms with Crippen LogP contribution in [-0.2, 0) is 0 Å². The lowest BCUT2D eigenvalue weighted by Crippen LogP contribution is -2.21. The first kappa shape index (κ1) is 15.3. The highest BCUT2D eigenvalue weighted by atomic mass is 16.6. The summed E-state index contributed by atoms with van der Waals surface area (Å²) in [6.45, 7) is 0. The summed E-state index contributed by atoms with van der Waals surface area (Å²) in [5.74, 6) is 0.505. The number of nitrogens with one attached hydrogen (secondary N) is 1. The topological polar surface area (TPSA) is 125 Å². The van der Waals surface area contributed by atoms with E-state index in [1.807, 2.05) is 0 Å². The number of para-hydroxylation sites is 1. The lowest BCUT2D eigenvalue weighted by molar-refractivity contribution is -0.384. The Morgan fingerprint density at radius 1 is 1.33 bits per heavy atom. The maximum atomic E-state index is 12.5. The number of nitrogen functional groups attached to an aromatic ring is 1. The Bertz CT molecular complexity index is 950. The lowest BCUT2D eigenvalue weighted by atomic mass is 10.2. The predicted octanol–water partition coefficient (Wildman–Crippen LogP) is 2.62. The monoisotopic (exact) mass is 327 g/mol. The number of aromatic nitrogens is 2. The van der Waals surface area contributed by atoms with Gasteiger partial charge in [0.15, 0.2) is 5.82 Å². The average molecular weight is 327 g/mol. The Labute approximate surface area is 135 Å². The number of non-ortho nitro benzene ring substituents is 1. The quantitative estimate of drug-likeness (QED) is 0.562. The average Bonchev–Trinajstić information content (AvgIpc) is 2.92. The zero-order valence-corrected chi connectivity index (χ0v) is 12.6. The molecule has 0 atom stereocenters. The molecule has 0 aliphatic rings. The van der Waals surface area contributed by atoms with Crippen LogP contribution in [0.15, 0.2) is 42.5 Å². The maximum Gasteiger partial charge on any atom is 0.347 e. The number of fused-ring (bicyclic) bond motifs is 1. The van der Waals surface area contributed by atoms with E-state index in [1.165, 1.54) is 25.3 Å². The molecule has 122 valence electrons. The number of ether oxygens (including phenoxy) is 1. The van der Waals surface area contributed by atoms with Crippen LogP contribution in [0.25, 0.3) is 10.9 Å². The largest absolute Gasteiger partial charge is 0.495 e. The Morgan fingerprint density at radius 3 is 2.79 bits per heavy atom. The summed E-state index contributed by atoms with van der Waals surface area (Å²) in [4.78, 5) is 22.8. The highest BCUT2D eigenvalue weighted by molar-refractivity contribution is 6.01. The van der Waals surface area contributed by atoms with E-state index >= 15 is 0 Å². The molecule has 0 saturated carbocycles. The summed E-state index contributed by atoms with van der Waals surface area (Å²) in [7, 11) is 1.40. The number of nitro groups is 1. The Morgan fingerprint density at radius 2 is 2.08 bits per heavy atom. The molecule has 24 heavy (non-hydrogen) atoms. The molecular formula is C15H13N5O4. The second kappa shape index (κ2) is 5.88. The molecule has 1 aromatic heterocycles. The number of nitrogens with zero attached hydrogens (tertiary/aromatic N) is 3. The lowest BCUT2D eigenvalue weighted by Gasteiger charge is -2.10. The van der Waals surface area contributed by atoms with Crippen LogP contribution in [0.1, 0.15) is 0 Å². The van der Waals surface area contributed by atoms with E-state index in [0.717, 1.165) is 4.68 Å². The van der Waals surface area contributed by atoms with E-state index in [0.29, 0.717) is 16.7 Å². The number of methoxy groups -OCH3 is 1. The number of anilines is 2. The SMILES string of the molecule is COc1ccc([N+](=O)[O-])cc1NC(=O)n1nc(N)c2ccccc21. The van der Waals surface area contributed by atoms with Crippen molar-refractivity contribution in [1.82, 2.24) is 9.78 Å². The molecule has 3 N–H and O–H groups in total. The molecule has 0 unspecified atom stereocenters. The maximum absolute atomic E-state index is 12.5. The number of nitro benzene ring substituents is 1. The van der Waals surface area contributed by atoms with Crippen LogP contribution in [0.4, 0.5) is 22.0 Å². The summed E-state index contributed by atoms with van der Waals surface area (Å²) < 4.78 is 6.22. The first-order valence-corrected chi connectivity index (χ1v) is 6.88. The van der Waals surface area contributed by atoms with Crippen LogP contribution in [-0.4, -0.2) is 27.8 Å². The molecule has 0 aliphatic carbocycles. The van der Waals surface area contributed by atoms with Gasteiger partial charge in [-0.15, -0.1) is 5.10 Å². The molecule has 1 heterocycles. The van der Waals surface area contributed by atoms with Crippen molar-refractivity contribution in [2.75, 3.05) is 18.2 Å². The summed E-state index contributed by atoms with van der Waals surface area (Å²) in [6, 6.07) is 10.3. The van der Waals surface area contributed by atoms with Crippen LogP contribution in [0, 0.1) is 10.1 Å². The second-order valence-electron chi connectivity index (χ2n) is 4.89. The molecule has 0 aliphatic heterocycles. The van der Waals surface area contributed by atoms with E-state index in [4.69, 9.17) is 10.5 Å². The number of carbonyl (C=O) groups is 1. The molecule has 1 amide bonds. The number of nitrogens with two attached hydrogens (primary N) is 1. The van der Waals surface area contributed by atoms with Gasteiger partial charge in [0.25, 0.3) is 5.69 Å². The normalized spacial score (nSPS) is 10.5. The van der Waals surface area contributed by atoms with Gasteiger partial charge in [0.2, 0.25) is 0 Å². The van der Waals surface area contributed by atoms with Gasteiger partial charge in [0.1, 0.15) is 5.75 Å². The van der Waals surface area contributed by atoms with Crippen molar-refractivity contribution in [3.63, 3.8) is 0 Å². The number of benzene rings is 2. The molecule has 9 heteroatoms. The highest BCUT2D eigenvalue weighted by Gasteiger charge is 2.17. The van der Waals surface area contributed by atoms with Gasteiger partial charge >= 0.3 is 6.03 Å². The fraction of sp³-hybridized carbons (Fsp3) is 0.0667. The smallest absolute Gasteiger partial charge is 0.347 e. The zero-order valence-electron chi connectivity index (χ0n) is 12.6.